The van der Waals surface area contributed by atoms with Crippen LogP contribution in [0.5, 0.6) is 5.75 Å². The first kappa shape index (κ1) is 15.8. The van der Waals surface area contributed by atoms with Crippen molar-refractivity contribution in [2.75, 3.05) is 26.2 Å². The predicted octanol–water partition coefficient (Wildman–Crippen LogP) is 2.22. The summed E-state index contributed by atoms with van der Waals surface area (Å²) in [6, 6.07) is 7.96. The maximum atomic E-state index is 12.6. The van der Waals surface area contributed by atoms with Crippen molar-refractivity contribution in [3.63, 3.8) is 0 Å². The number of nitrogens with two attached hydrogens (primary N) is 1. The van der Waals surface area contributed by atoms with Crippen molar-refractivity contribution in [1.29, 1.82) is 0 Å². The maximum absolute atomic E-state index is 12.6. The molecule has 4 nitrogen and oxygen atoms in total. The van der Waals surface area contributed by atoms with Gasteiger partial charge in [-0.1, -0.05) is 12.1 Å². The second-order valence-electron chi connectivity index (χ2n) is 5.60. The number of nitrogens with zero attached hydrogens (tertiary/aromatic N) is 1. The van der Waals surface area contributed by atoms with Crippen LogP contribution in [0.15, 0.2) is 24.3 Å². The molecule has 116 valence electrons. The third-order valence-corrected chi connectivity index (χ3v) is 3.99. The Hall–Kier alpha value is -1.55. The molecule has 0 aromatic heterocycles. The van der Waals surface area contributed by atoms with E-state index >= 15 is 0 Å². The molecule has 0 bridgehead atoms. The van der Waals surface area contributed by atoms with Gasteiger partial charge in [-0.15, -0.1) is 0 Å². The van der Waals surface area contributed by atoms with Crippen molar-refractivity contribution in [2.24, 2.45) is 11.7 Å². The summed E-state index contributed by atoms with van der Waals surface area (Å²) in [7, 11) is 0. The van der Waals surface area contributed by atoms with E-state index in [9.17, 15) is 4.79 Å². The molecule has 1 aliphatic rings. The minimum atomic E-state index is -0.125. The van der Waals surface area contributed by atoms with Crippen LogP contribution in [0, 0.1) is 5.92 Å². The van der Waals surface area contributed by atoms with Gasteiger partial charge in [0.05, 0.1) is 12.5 Å². The topological polar surface area (TPSA) is 55.6 Å². The average Bonchev–Trinajstić information content (AvgIpc) is 2.53. The molecule has 0 radical (unpaired) electrons. The molecule has 21 heavy (non-hydrogen) atoms. The quantitative estimate of drug-likeness (QED) is 0.874. The molecule has 1 heterocycles. The van der Waals surface area contributed by atoms with Gasteiger partial charge in [0, 0.05) is 19.6 Å². The van der Waals surface area contributed by atoms with E-state index in [0.29, 0.717) is 19.6 Å². The first-order chi connectivity index (χ1) is 10.2. The number of rotatable bonds is 6. The van der Waals surface area contributed by atoms with E-state index < -0.39 is 0 Å². The molecule has 0 saturated carbocycles. The summed E-state index contributed by atoms with van der Waals surface area (Å²) in [5.74, 6) is 0.940. The molecule has 1 amide bonds. The van der Waals surface area contributed by atoms with Gasteiger partial charge in [0.1, 0.15) is 5.75 Å². The van der Waals surface area contributed by atoms with Crippen molar-refractivity contribution in [3.05, 3.63) is 29.8 Å². The van der Waals surface area contributed by atoms with Crippen LogP contribution < -0.4 is 10.5 Å². The van der Waals surface area contributed by atoms with Crippen LogP contribution in [0.25, 0.3) is 0 Å². The van der Waals surface area contributed by atoms with Crippen LogP contribution in [0.1, 0.15) is 31.7 Å². The number of benzene rings is 1. The number of carbonyl (C=O) groups excluding carboxylic acids is 1. The summed E-state index contributed by atoms with van der Waals surface area (Å²) in [5, 5.41) is 0. The van der Waals surface area contributed by atoms with Crippen molar-refractivity contribution >= 4 is 5.91 Å². The molecule has 1 aromatic carbocycles. The first-order valence-electron chi connectivity index (χ1n) is 7.95. The van der Waals surface area contributed by atoms with Crippen LogP contribution in [0.3, 0.4) is 0 Å². The summed E-state index contributed by atoms with van der Waals surface area (Å²) in [6.45, 7) is 4.78. The van der Waals surface area contributed by atoms with Crippen molar-refractivity contribution < 1.29 is 9.53 Å². The molecule has 2 rings (SSSR count). The molecule has 1 aromatic rings. The summed E-state index contributed by atoms with van der Waals surface area (Å²) in [6.07, 6.45) is 4.14. The van der Waals surface area contributed by atoms with Gasteiger partial charge >= 0.3 is 0 Å². The Balaban J connectivity index is 2.00. The van der Waals surface area contributed by atoms with Crippen molar-refractivity contribution in [2.45, 2.75) is 32.6 Å². The van der Waals surface area contributed by atoms with E-state index in [0.717, 1.165) is 37.2 Å². The molecule has 2 N–H and O–H groups in total. The van der Waals surface area contributed by atoms with Crippen molar-refractivity contribution in [3.8, 4) is 5.75 Å². The highest BCUT2D eigenvalue weighted by Crippen LogP contribution is 2.19. The van der Waals surface area contributed by atoms with Gasteiger partial charge in [0.15, 0.2) is 0 Å². The standard InChI is InChI=1S/C17H26N2O2/c1-2-21-16-8-6-7-14(12-16)11-15(13-18)17(20)19-9-4-3-5-10-19/h6-8,12,15H,2-5,9-11,13,18H2,1H3. The van der Waals surface area contributed by atoms with Crippen LogP contribution in [-0.2, 0) is 11.2 Å². The third kappa shape index (κ3) is 4.46. The van der Waals surface area contributed by atoms with Gasteiger partial charge in [0.25, 0.3) is 0 Å². The van der Waals surface area contributed by atoms with Crippen LogP contribution in [-0.4, -0.2) is 37.0 Å². The number of carbonyl (C=O) groups is 1. The second-order valence-corrected chi connectivity index (χ2v) is 5.60. The fraction of sp³-hybridized carbons (Fsp3) is 0.588. The Labute approximate surface area is 127 Å². The van der Waals surface area contributed by atoms with Gasteiger partial charge in [-0.3, -0.25) is 4.79 Å². The fourth-order valence-corrected chi connectivity index (χ4v) is 2.86. The zero-order valence-electron chi connectivity index (χ0n) is 12.9. The largest absolute Gasteiger partial charge is 0.494 e. The lowest BCUT2D eigenvalue weighted by Crippen LogP contribution is -2.42. The van der Waals surface area contributed by atoms with Gasteiger partial charge in [-0.25, -0.2) is 0 Å². The Bertz CT molecular complexity index is 456. The Morgan fingerprint density at radius 1 is 1.33 bits per heavy atom. The molecule has 0 aliphatic carbocycles. The number of ether oxygens (including phenoxy) is 1. The second kappa shape index (κ2) is 8.03. The van der Waals surface area contributed by atoms with Gasteiger partial charge in [-0.2, -0.15) is 0 Å². The van der Waals surface area contributed by atoms with E-state index in [2.05, 4.69) is 0 Å². The first-order valence-corrected chi connectivity index (χ1v) is 7.95. The number of hydrogen-bond acceptors (Lipinski definition) is 3. The fourth-order valence-electron chi connectivity index (χ4n) is 2.86. The van der Waals surface area contributed by atoms with Crippen LogP contribution in [0.2, 0.25) is 0 Å². The van der Waals surface area contributed by atoms with Crippen molar-refractivity contribution in [1.82, 2.24) is 4.90 Å². The highest BCUT2D eigenvalue weighted by atomic mass is 16.5. The highest BCUT2D eigenvalue weighted by molar-refractivity contribution is 5.79. The normalized spacial score (nSPS) is 16.6. The van der Waals surface area contributed by atoms with Gasteiger partial charge < -0.3 is 15.4 Å². The predicted molar refractivity (Wildman–Crippen MR) is 84.3 cm³/mol. The van der Waals surface area contributed by atoms with Crippen LogP contribution >= 0.6 is 0 Å². The number of hydrogen-bond donors (Lipinski definition) is 1. The Morgan fingerprint density at radius 3 is 2.76 bits per heavy atom. The van der Waals surface area contributed by atoms with E-state index in [1.54, 1.807) is 0 Å². The highest BCUT2D eigenvalue weighted by Gasteiger charge is 2.24. The maximum Gasteiger partial charge on any atom is 0.227 e. The lowest BCUT2D eigenvalue weighted by Gasteiger charge is -2.30. The monoisotopic (exact) mass is 290 g/mol. The van der Waals surface area contributed by atoms with E-state index in [1.807, 2.05) is 36.1 Å². The summed E-state index contributed by atoms with van der Waals surface area (Å²) >= 11 is 0. The summed E-state index contributed by atoms with van der Waals surface area (Å²) < 4.78 is 5.51. The molecule has 1 fully saturated rings. The number of likely N-dealkylation sites (tertiary alicyclic amines) is 1. The van der Waals surface area contributed by atoms with Crippen LogP contribution in [0.4, 0.5) is 0 Å². The molecular weight excluding hydrogens is 264 g/mol. The molecule has 1 atom stereocenters. The third-order valence-electron chi connectivity index (χ3n) is 3.99. The van der Waals surface area contributed by atoms with E-state index in [-0.39, 0.29) is 11.8 Å². The van der Waals surface area contributed by atoms with Gasteiger partial charge in [0.2, 0.25) is 5.91 Å². The summed E-state index contributed by atoms with van der Waals surface area (Å²) in [5.41, 5.74) is 6.96. The molecule has 0 spiro atoms. The molecule has 1 aliphatic heterocycles. The van der Waals surface area contributed by atoms with Gasteiger partial charge in [-0.05, 0) is 50.3 Å². The number of amides is 1. The molecular formula is C17H26N2O2. The summed E-state index contributed by atoms with van der Waals surface area (Å²) in [4.78, 5) is 14.5. The smallest absolute Gasteiger partial charge is 0.227 e. The molecule has 1 unspecified atom stereocenters. The Morgan fingerprint density at radius 2 is 2.10 bits per heavy atom. The molecule has 4 heteroatoms. The number of piperidine rings is 1. The zero-order chi connectivity index (χ0) is 15.1. The zero-order valence-corrected chi connectivity index (χ0v) is 12.9. The average molecular weight is 290 g/mol. The minimum Gasteiger partial charge on any atom is -0.494 e. The van der Waals surface area contributed by atoms with E-state index in [4.69, 9.17) is 10.5 Å². The van der Waals surface area contributed by atoms with E-state index in [1.165, 1.54) is 6.42 Å². The Kier molecular flexibility index (Phi) is 6.05. The molecule has 1 saturated heterocycles. The lowest BCUT2D eigenvalue weighted by atomic mass is 9.96. The minimum absolute atomic E-state index is 0.125. The SMILES string of the molecule is CCOc1cccc(CC(CN)C(=O)N2CCCCC2)c1. The lowest BCUT2D eigenvalue weighted by molar-refractivity contribution is -0.136.